The summed E-state index contributed by atoms with van der Waals surface area (Å²) >= 11 is 0. The number of hydrogen-bond donors (Lipinski definition) is 5. The van der Waals surface area contributed by atoms with E-state index in [1.807, 2.05) is 60.7 Å². The molecule has 10 heteroatoms. The van der Waals surface area contributed by atoms with Crippen LogP contribution in [0.4, 0.5) is 4.79 Å². The molecule has 10 nitrogen and oxygen atoms in total. The Morgan fingerprint density at radius 3 is 2.33 bits per heavy atom. The van der Waals surface area contributed by atoms with E-state index < -0.39 is 35.5 Å². The van der Waals surface area contributed by atoms with E-state index >= 15 is 0 Å². The van der Waals surface area contributed by atoms with Gasteiger partial charge in [0, 0.05) is 30.6 Å². The lowest BCUT2D eigenvalue weighted by atomic mass is 9.94. The third-order valence-electron chi connectivity index (χ3n) is 7.90. The molecule has 1 heterocycles. The number of H-pyrrole nitrogens is 1. The van der Waals surface area contributed by atoms with Crippen LogP contribution < -0.4 is 16.0 Å². The largest absolute Gasteiger partial charge is 0.481 e. The van der Waals surface area contributed by atoms with Gasteiger partial charge in [-0.15, -0.1) is 0 Å². The third-order valence-corrected chi connectivity index (χ3v) is 7.90. The molecule has 2 unspecified atom stereocenters. The Morgan fingerprint density at radius 2 is 1.63 bits per heavy atom. The summed E-state index contributed by atoms with van der Waals surface area (Å²) < 4.78 is 5.82. The molecule has 2 atom stereocenters. The number of ether oxygens (including phenoxy) is 1. The van der Waals surface area contributed by atoms with Gasteiger partial charge >= 0.3 is 12.1 Å². The lowest BCUT2D eigenvalue weighted by Gasteiger charge is -2.31. The van der Waals surface area contributed by atoms with Crippen molar-refractivity contribution in [2.45, 2.75) is 88.8 Å². The number of amides is 3. The van der Waals surface area contributed by atoms with Gasteiger partial charge in [-0.05, 0) is 55.7 Å². The molecule has 3 aromatic rings. The highest BCUT2D eigenvalue weighted by Crippen LogP contribution is 2.23. The van der Waals surface area contributed by atoms with Crippen LogP contribution in [0.1, 0.15) is 82.0 Å². The fourth-order valence-corrected chi connectivity index (χ4v) is 5.55. The second kappa shape index (κ2) is 15.2. The molecule has 2 aromatic carbocycles. The number of carboxylic acid groups (broad SMARTS) is 1. The summed E-state index contributed by atoms with van der Waals surface area (Å²) in [6.45, 7) is 1.69. The zero-order chi connectivity index (χ0) is 30.7. The summed E-state index contributed by atoms with van der Waals surface area (Å²) in [5.74, 6) is -1.95. The van der Waals surface area contributed by atoms with E-state index in [4.69, 9.17) is 9.84 Å². The number of carbonyl (C=O) groups is 4. The van der Waals surface area contributed by atoms with E-state index in [1.165, 1.54) is 6.42 Å². The van der Waals surface area contributed by atoms with Gasteiger partial charge in [0.2, 0.25) is 11.8 Å². The number of aliphatic carboxylic acids is 1. The summed E-state index contributed by atoms with van der Waals surface area (Å²) in [6, 6.07) is 18.3. The molecule has 5 N–H and O–H groups in total. The highest BCUT2D eigenvalue weighted by molar-refractivity contribution is 5.90. The van der Waals surface area contributed by atoms with Gasteiger partial charge in [-0.1, -0.05) is 67.8 Å². The van der Waals surface area contributed by atoms with E-state index in [2.05, 4.69) is 20.9 Å². The van der Waals surface area contributed by atoms with Crippen molar-refractivity contribution in [1.82, 2.24) is 20.9 Å². The van der Waals surface area contributed by atoms with E-state index in [9.17, 15) is 19.2 Å². The minimum atomic E-state index is -1.38. The van der Waals surface area contributed by atoms with Gasteiger partial charge in [0.15, 0.2) is 0 Å². The Kier molecular flexibility index (Phi) is 11.2. The van der Waals surface area contributed by atoms with Gasteiger partial charge in [-0.2, -0.15) is 0 Å². The average Bonchev–Trinajstić information content (AvgIpc) is 3.37. The van der Waals surface area contributed by atoms with Gasteiger partial charge in [0.05, 0.1) is 12.5 Å². The van der Waals surface area contributed by atoms with Crippen LogP contribution in [0.3, 0.4) is 0 Å². The fourth-order valence-electron chi connectivity index (χ4n) is 5.55. The SMILES string of the molecule is CC(Cc1cc2ccccc2[nH]1)(NC(=O)OC1CCCCCCC1)C(=O)NCC(NC(=O)CCC(=O)O)c1ccccc1. The minimum Gasteiger partial charge on any atom is -0.481 e. The molecule has 0 aliphatic heterocycles. The highest BCUT2D eigenvalue weighted by atomic mass is 16.6. The topological polar surface area (TPSA) is 150 Å². The summed E-state index contributed by atoms with van der Waals surface area (Å²) in [4.78, 5) is 53.9. The number of hydrogen-bond acceptors (Lipinski definition) is 5. The van der Waals surface area contributed by atoms with Crippen LogP contribution in [0.5, 0.6) is 0 Å². The first-order valence-electron chi connectivity index (χ1n) is 15.1. The number of benzene rings is 2. The maximum atomic E-state index is 13.9. The fraction of sp³-hybridized carbons (Fsp3) is 0.455. The van der Waals surface area contributed by atoms with Crippen LogP contribution >= 0.6 is 0 Å². The van der Waals surface area contributed by atoms with Crippen LogP contribution in [0.15, 0.2) is 60.7 Å². The predicted molar refractivity (Wildman–Crippen MR) is 163 cm³/mol. The monoisotopic (exact) mass is 590 g/mol. The number of alkyl carbamates (subject to hydrolysis) is 1. The molecule has 1 saturated carbocycles. The minimum absolute atomic E-state index is 0.0311. The normalized spacial score (nSPS) is 16.2. The number of aromatic amines is 1. The van der Waals surface area contributed by atoms with Gasteiger partial charge in [-0.3, -0.25) is 14.4 Å². The van der Waals surface area contributed by atoms with Crippen molar-refractivity contribution in [2.75, 3.05) is 6.54 Å². The number of para-hydroxylation sites is 1. The van der Waals surface area contributed by atoms with Crippen LogP contribution in [0.2, 0.25) is 0 Å². The molecule has 0 saturated heterocycles. The maximum Gasteiger partial charge on any atom is 0.408 e. The number of carboxylic acids is 1. The lowest BCUT2D eigenvalue weighted by molar-refractivity contribution is -0.138. The predicted octanol–water partition coefficient (Wildman–Crippen LogP) is 5.15. The van der Waals surface area contributed by atoms with E-state index in [-0.39, 0.29) is 31.9 Å². The Labute approximate surface area is 252 Å². The number of rotatable bonds is 12. The zero-order valence-electron chi connectivity index (χ0n) is 24.7. The molecule has 43 heavy (non-hydrogen) atoms. The summed E-state index contributed by atoms with van der Waals surface area (Å²) in [6.07, 6.45) is 5.93. The summed E-state index contributed by atoms with van der Waals surface area (Å²) in [7, 11) is 0. The van der Waals surface area contributed by atoms with E-state index in [0.717, 1.165) is 60.7 Å². The molecule has 3 amide bonds. The first kappa shape index (κ1) is 31.6. The van der Waals surface area contributed by atoms with Crippen molar-refractivity contribution in [3.63, 3.8) is 0 Å². The van der Waals surface area contributed by atoms with Crippen molar-refractivity contribution in [1.29, 1.82) is 0 Å². The Morgan fingerprint density at radius 1 is 0.953 bits per heavy atom. The van der Waals surface area contributed by atoms with Gasteiger partial charge in [0.25, 0.3) is 0 Å². The number of aromatic nitrogens is 1. The van der Waals surface area contributed by atoms with Crippen molar-refractivity contribution in [2.24, 2.45) is 0 Å². The lowest BCUT2D eigenvalue weighted by Crippen LogP contribution is -2.59. The zero-order valence-corrected chi connectivity index (χ0v) is 24.7. The Hall–Kier alpha value is -4.34. The molecule has 0 spiro atoms. The highest BCUT2D eigenvalue weighted by Gasteiger charge is 2.37. The van der Waals surface area contributed by atoms with Crippen LogP contribution in [-0.4, -0.2) is 52.2 Å². The van der Waals surface area contributed by atoms with Crippen molar-refractivity contribution < 1.29 is 29.0 Å². The van der Waals surface area contributed by atoms with E-state index in [0.29, 0.717) is 0 Å². The number of nitrogens with one attached hydrogen (secondary N) is 4. The van der Waals surface area contributed by atoms with Crippen molar-refractivity contribution >= 4 is 34.8 Å². The van der Waals surface area contributed by atoms with E-state index in [1.54, 1.807) is 6.92 Å². The van der Waals surface area contributed by atoms with Gasteiger partial charge in [-0.25, -0.2) is 4.79 Å². The average molecular weight is 591 g/mol. The van der Waals surface area contributed by atoms with Crippen molar-refractivity contribution in [3.05, 3.63) is 71.9 Å². The smallest absolute Gasteiger partial charge is 0.408 e. The Balaban J connectivity index is 1.50. The Bertz CT molecular complexity index is 1350. The molecule has 1 aromatic heterocycles. The first-order chi connectivity index (χ1) is 20.7. The molecule has 0 radical (unpaired) electrons. The third kappa shape index (κ3) is 9.59. The van der Waals surface area contributed by atoms with Gasteiger partial charge < -0.3 is 30.8 Å². The molecule has 1 aliphatic carbocycles. The molecule has 1 aliphatic rings. The number of carbonyl (C=O) groups excluding carboxylic acids is 3. The summed E-state index contributed by atoms with van der Waals surface area (Å²) in [5.41, 5.74) is 1.06. The maximum absolute atomic E-state index is 13.9. The molecule has 0 bridgehead atoms. The van der Waals surface area contributed by atoms with Crippen molar-refractivity contribution in [3.8, 4) is 0 Å². The number of fused-ring (bicyclic) bond motifs is 1. The van der Waals surface area contributed by atoms with Crippen LogP contribution in [0, 0.1) is 0 Å². The molecular formula is C33H42N4O6. The summed E-state index contributed by atoms with van der Waals surface area (Å²) in [5, 5.41) is 18.6. The van der Waals surface area contributed by atoms with Crippen LogP contribution in [0.25, 0.3) is 10.9 Å². The molecule has 230 valence electrons. The van der Waals surface area contributed by atoms with Crippen LogP contribution in [-0.2, 0) is 25.5 Å². The second-order valence-corrected chi connectivity index (χ2v) is 11.5. The second-order valence-electron chi connectivity index (χ2n) is 11.5. The molecular weight excluding hydrogens is 548 g/mol. The molecule has 1 fully saturated rings. The quantitative estimate of drug-likeness (QED) is 0.197. The first-order valence-corrected chi connectivity index (χ1v) is 15.1. The standard InChI is InChI=1S/C33H42N4O6/c1-33(21-25-20-24-14-10-11-17-27(24)35-25,37-32(42)43-26-15-8-3-2-4-9-16-26)31(41)34-22-28(23-12-6-5-7-13-23)36-29(38)18-19-30(39)40/h5-7,10-14,17,20,26,28,35H,2-4,8-9,15-16,18-19,21-22H2,1H3,(H,34,41)(H,36,38)(H,37,42)(H,39,40). The van der Waals surface area contributed by atoms with Gasteiger partial charge in [0.1, 0.15) is 11.6 Å². The molecule has 4 rings (SSSR count).